The second-order valence-corrected chi connectivity index (χ2v) is 6.05. The van der Waals surface area contributed by atoms with E-state index in [1.807, 2.05) is 44.2 Å². The number of halogens is 1. The molecule has 0 amide bonds. The van der Waals surface area contributed by atoms with Crippen molar-refractivity contribution in [2.24, 2.45) is 0 Å². The average Bonchev–Trinajstić information content (AvgIpc) is 2.90. The Morgan fingerprint density at radius 2 is 1.76 bits per heavy atom. The van der Waals surface area contributed by atoms with Gasteiger partial charge < -0.3 is 4.42 Å². The number of hydrogen-bond acceptors (Lipinski definition) is 2. The summed E-state index contributed by atoms with van der Waals surface area (Å²) < 4.78 is 5.68. The van der Waals surface area contributed by atoms with Crippen molar-refractivity contribution >= 4 is 28.4 Å². The Balaban J connectivity index is 2.03. The van der Waals surface area contributed by atoms with Crippen molar-refractivity contribution in [1.82, 2.24) is 0 Å². The maximum Gasteiger partial charge on any atom is 0.207 e. The molecule has 0 spiro atoms. The zero-order chi connectivity index (χ0) is 15.0. The molecule has 0 radical (unpaired) electrons. The molecule has 1 heterocycles. The summed E-state index contributed by atoms with van der Waals surface area (Å²) in [4.78, 5) is 12.8. The molecular weight excluding hydrogens is 284 g/mol. The molecule has 0 atom stereocenters. The highest BCUT2D eigenvalue weighted by Crippen LogP contribution is 2.31. The number of furan rings is 1. The Morgan fingerprint density at radius 1 is 1.05 bits per heavy atom. The first-order valence-corrected chi connectivity index (χ1v) is 7.16. The van der Waals surface area contributed by atoms with Crippen molar-refractivity contribution in [3.63, 3.8) is 0 Å². The number of carbonyl (C=O) groups is 1. The normalized spacial score (nSPS) is 11.8. The van der Waals surface area contributed by atoms with Crippen molar-refractivity contribution in [2.45, 2.75) is 19.3 Å². The molecule has 0 N–H and O–H groups in total. The minimum Gasteiger partial charge on any atom is -0.453 e. The van der Waals surface area contributed by atoms with E-state index < -0.39 is 5.41 Å². The van der Waals surface area contributed by atoms with Crippen molar-refractivity contribution in [2.75, 3.05) is 0 Å². The second-order valence-electron chi connectivity index (χ2n) is 5.61. The van der Waals surface area contributed by atoms with Gasteiger partial charge in [-0.3, -0.25) is 4.79 Å². The smallest absolute Gasteiger partial charge is 0.207 e. The predicted octanol–water partition coefficient (Wildman–Crippen LogP) is 5.25. The van der Waals surface area contributed by atoms with Gasteiger partial charge in [0.15, 0.2) is 5.76 Å². The Bertz CT molecular complexity index is 800. The van der Waals surface area contributed by atoms with Crippen LogP contribution in [0.3, 0.4) is 0 Å². The van der Waals surface area contributed by atoms with Crippen LogP contribution in [-0.2, 0) is 5.41 Å². The number of rotatable bonds is 3. The molecule has 3 aromatic rings. The van der Waals surface area contributed by atoms with Gasteiger partial charge in [-0.15, -0.1) is 0 Å². The molecule has 0 aliphatic rings. The molecule has 3 rings (SSSR count). The topological polar surface area (TPSA) is 30.2 Å². The molecule has 0 unspecified atom stereocenters. The molecule has 0 saturated carbocycles. The average molecular weight is 299 g/mol. The second kappa shape index (κ2) is 5.05. The first-order valence-electron chi connectivity index (χ1n) is 6.78. The Kier molecular flexibility index (Phi) is 3.34. The minimum atomic E-state index is -0.640. The van der Waals surface area contributed by atoms with E-state index >= 15 is 0 Å². The number of benzene rings is 2. The van der Waals surface area contributed by atoms with E-state index in [1.165, 1.54) is 0 Å². The maximum atomic E-state index is 12.8. The number of ketones is 1. The molecule has 0 bridgehead atoms. The van der Waals surface area contributed by atoms with Crippen LogP contribution in [0.25, 0.3) is 11.0 Å². The van der Waals surface area contributed by atoms with E-state index in [4.69, 9.17) is 16.0 Å². The summed E-state index contributed by atoms with van der Waals surface area (Å²) in [5.41, 5.74) is 0.999. The van der Waals surface area contributed by atoms with Gasteiger partial charge in [0.05, 0.1) is 5.41 Å². The van der Waals surface area contributed by atoms with Crippen molar-refractivity contribution in [1.29, 1.82) is 0 Å². The molecule has 106 valence electrons. The summed E-state index contributed by atoms with van der Waals surface area (Å²) in [6.07, 6.45) is 0. The SMILES string of the molecule is CC(C)(C(=O)c1cc2cc(Cl)ccc2o1)c1ccccc1. The third kappa shape index (κ3) is 2.47. The number of carbonyl (C=O) groups excluding carboxylic acids is 1. The third-order valence-corrected chi connectivity index (χ3v) is 4.00. The summed E-state index contributed by atoms with van der Waals surface area (Å²) in [7, 11) is 0. The molecule has 2 nitrogen and oxygen atoms in total. The summed E-state index contributed by atoms with van der Waals surface area (Å²) in [5, 5.41) is 1.47. The van der Waals surface area contributed by atoms with E-state index in [0.717, 1.165) is 10.9 Å². The monoisotopic (exact) mass is 298 g/mol. The minimum absolute atomic E-state index is 0.0407. The highest BCUT2D eigenvalue weighted by molar-refractivity contribution is 6.31. The van der Waals surface area contributed by atoms with Crippen LogP contribution >= 0.6 is 11.6 Å². The molecule has 0 fully saturated rings. The first-order chi connectivity index (χ1) is 9.98. The van der Waals surface area contributed by atoms with Gasteiger partial charge in [0, 0.05) is 10.4 Å². The van der Waals surface area contributed by atoms with Crippen LogP contribution < -0.4 is 0 Å². The quantitative estimate of drug-likeness (QED) is 0.618. The van der Waals surface area contributed by atoms with E-state index in [2.05, 4.69) is 0 Å². The predicted molar refractivity (Wildman–Crippen MR) is 85.0 cm³/mol. The van der Waals surface area contributed by atoms with Crippen LogP contribution in [0.2, 0.25) is 5.02 Å². The lowest BCUT2D eigenvalue weighted by molar-refractivity contribution is 0.0882. The molecule has 0 aliphatic heterocycles. The maximum absolute atomic E-state index is 12.8. The van der Waals surface area contributed by atoms with E-state index in [0.29, 0.717) is 16.4 Å². The van der Waals surface area contributed by atoms with Crippen molar-refractivity contribution in [3.05, 3.63) is 70.9 Å². The van der Waals surface area contributed by atoms with Gasteiger partial charge in [0.2, 0.25) is 5.78 Å². The van der Waals surface area contributed by atoms with Gasteiger partial charge in [0.25, 0.3) is 0 Å². The van der Waals surface area contributed by atoms with E-state index in [9.17, 15) is 4.79 Å². The van der Waals surface area contributed by atoms with Crippen LogP contribution in [0, 0.1) is 0 Å². The molecule has 2 aromatic carbocycles. The lowest BCUT2D eigenvalue weighted by atomic mass is 9.80. The van der Waals surface area contributed by atoms with Gasteiger partial charge in [-0.1, -0.05) is 41.9 Å². The van der Waals surface area contributed by atoms with Crippen molar-refractivity contribution in [3.8, 4) is 0 Å². The van der Waals surface area contributed by atoms with E-state index in [1.54, 1.807) is 24.3 Å². The molecular formula is C18H15ClO2. The lowest BCUT2D eigenvalue weighted by Gasteiger charge is -2.22. The van der Waals surface area contributed by atoms with Crippen LogP contribution in [0.5, 0.6) is 0 Å². The Morgan fingerprint density at radius 3 is 2.48 bits per heavy atom. The van der Waals surface area contributed by atoms with Gasteiger partial charge in [-0.25, -0.2) is 0 Å². The fraction of sp³-hybridized carbons (Fsp3) is 0.167. The number of hydrogen-bond donors (Lipinski definition) is 0. The summed E-state index contributed by atoms with van der Waals surface area (Å²) in [6.45, 7) is 3.82. The number of Topliss-reactive ketones (excluding diaryl/α,β-unsaturated/α-hetero) is 1. The Hall–Kier alpha value is -2.06. The standard InChI is InChI=1S/C18H15ClO2/c1-18(2,13-6-4-3-5-7-13)17(20)16-11-12-10-14(19)8-9-15(12)21-16/h3-11H,1-2H3. The van der Waals surface area contributed by atoms with Gasteiger partial charge in [0.1, 0.15) is 5.58 Å². The summed E-state index contributed by atoms with van der Waals surface area (Å²) in [5.74, 6) is 0.321. The summed E-state index contributed by atoms with van der Waals surface area (Å²) in [6, 6.07) is 16.8. The summed E-state index contributed by atoms with van der Waals surface area (Å²) >= 11 is 5.97. The van der Waals surface area contributed by atoms with Crippen LogP contribution in [0.1, 0.15) is 30.0 Å². The van der Waals surface area contributed by atoms with Gasteiger partial charge in [-0.2, -0.15) is 0 Å². The Labute approximate surface area is 128 Å². The van der Waals surface area contributed by atoms with Crippen molar-refractivity contribution < 1.29 is 9.21 Å². The van der Waals surface area contributed by atoms with Crippen LogP contribution in [0.15, 0.2) is 59.0 Å². The molecule has 21 heavy (non-hydrogen) atoms. The molecule has 3 heteroatoms. The van der Waals surface area contributed by atoms with Crippen LogP contribution in [0.4, 0.5) is 0 Å². The first kappa shape index (κ1) is 13.9. The fourth-order valence-corrected chi connectivity index (χ4v) is 2.60. The van der Waals surface area contributed by atoms with Gasteiger partial charge >= 0.3 is 0 Å². The highest BCUT2D eigenvalue weighted by Gasteiger charge is 2.32. The van der Waals surface area contributed by atoms with E-state index in [-0.39, 0.29) is 5.78 Å². The zero-order valence-corrected chi connectivity index (χ0v) is 12.6. The molecule has 0 saturated heterocycles. The molecule has 0 aliphatic carbocycles. The zero-order valence-electron chi connectivity index (χ0n) is 11.9. The van der Waals surface area contributed by atoms with Crippen LogP contribution in [-0.4, -0.2) is 5.78 Å². The molecule has 1 aromatic heterocycles. The lowest BCUT2D eigenvalue weighted by Crippen LogP contribution is -2.28. The third-order valence-electron chi connectivity index (χ3n) is 3.77. The largest absolute Gasteiger partial charge is 0.453 e. The highest BCUT2D eigenvalue weighted by atomic mass is 35.5. The fourth-order valence-electron chi connectivity index (χ4n) is 2.42. The number of fused-ring (bicyclic) bond motifs is 1. The van der Waals surface area contributed by atoms with Gasteiger partial charge in [-0.05, 0) is 43.7 Å².